The molecule has 1 aromatic rings. The van der Waals surface area contributed by atoms with Crippen molar-refractivity contribution in [3.8, 4) is 0 Å². The van der Waals surface area contributed by atoms with Crippen molar-refractivity contribution in [2.24, 2.45) is 0 Å². The zero-order valence-electron chi connectivity index (χ0n) is 11.0. The van der Waals surface area contributed by atoms with Gasteiger partial charge in [0.05, 0.1) is 4.92 Å². The minimum absolute atomic E-state index is 0.124. The molecule has 0 aliphatic heterocycles. The maximum absolute atomic E-state index is 11.1. The van der Waals surface area contributed by atoms with Gasteiger partial charge in [0.25, 0.3) is 5.69 Å². The number of nitro benzene ring substituents is 1. The minimum Gasteiger partial charge on any atom is -0.366 e. The molecule has 0 N–H and O–H groups in total. The van der Waals surface area contributed by atoms with Crippen molar-refractivity contribution in [2.75, 3.05) is 11.9 Å². The van der Waals surface area contributed by atoms with E-state index in [0.29, 0.717) is 5.69 Å². The maximum atomic E-state index is 11.1. The van der Waals surface area contributed by atoms with Crippen molar-refractivity contribution in [1.82, 2.24) is 0 Å². The van der Waals surface area contributed by atoms with E-state index >= 15 is 0 Å². The summed E-state index contributed by atoms with van der Waals surface area (Å²) in [5.41, 5.74) is 1.54. The van der Waals surface area contributed by atoms with Gasteiger partial charge in [-0.25, -0.2) is 0 Å². The third kappa shape index (κ3) is 3.35. The fraction of sp³-hybridized carbons (Fsp3) is 0.538. The molecule has 0 aromatic heterocycles. The number of alkyl halides is 1. The van der Waals surface area contributed by atoms with Crippen molar-refractivity contribution < 1.29 is 4.92 Å². The number of nitro groups is 1. The van der Waals surface area contributed by atoms with Gasteiger partial charge in [-0.05, 0) is 25.0 Å². The Morgan fingerprint density at radius 1 is 1.50 bits per heavy atom. The van der Waals surface area contributed by atoms with Crippen LogP contribution in [0.25, 0.3) is 0 Å². The van der Waals surface area contributed by atoms with E-state index in [2.05, 4.69) is 13.8 Å². The van der Waals surface area contributed by atoms with E-state index in [1.165, 1.54) is 0 Å². The topological polar surface area (TPSA) is 46.4 Å². The van der Waals surface area contributed by atoms with Gasteiger partial charge in [-0.2, -0.15) is 0 Å². The van der Waals surface area contributed by atoms with E-state index in [1.54, 1.807) is 12.1 Å². The Bertz CT molecular complexity index is 423. The molecule has 0 spiro atoms. The first kappa shape index (κ1) is 14.8. The lowest BCUT2D eigenvalue weighted by atomic mass is 10.1. The minimum atomic E-state index is -0.347. The van der Waals surface area contributed by atoms with Crippen LogP contribution in [0.2, 0.25) is 0 Å². The quantitative estimate of drug-likeness (QED) is 0.447. The van der Waals surface area contributed by atoms with Crippen LogP contribution in [0.1, 0.15) is 32.3 Å². The van der Waals surface area contributed by atoms with Crippen LogP contribution in [0.3, 0.4) is 0 Å². The number of rotatable bonds is 6. The molecule has 4 nitrogen and oxygen atoms in total. The molecule has 0 saturated heterocycles. The van der Waals surface area contributed by atoms with Gasteiger partial charge >= 0.3 is 0 Å². The number of hydrogen-bond donors (Lipinski definition) is 0. The summed E-state index contributed by atoms with van der Waals surface area (Å²) in [5.74, 6) is 0.287. The third-order valence-electron chi connectivity index (χ3n) is 3.14. The van der Waals surface area contributed by atoms with E-state index in [0.717, 1.165) is 18.4 Å². The Labute approximate surface area is 113 Å². The van der Waals surface area contributed by atoms with Gasteiger partial charge < -0.3 is 4.90 Å². The van der Waals surface area contributed by atoms with Crippen molar-refractivity contribution in [3.05, 3.63) is 33.9 Å². The summed E-state index contributed by atoms with van der Waals surface area (Å²) < 4.78 is 0. The molecule has 1 rings (SSSR count). The van der Waals surface area contributed by atoms with E-state index < -0.39 is 0 Å². The Kier molecular flexibility index (Phi) is 5.41. The van der Waals surface area contributed by atoms with Gasteiger partial charge in [0, 0.05) is 25.0 Å². The summed E-state index contributed by atoms with van der Waals surface area (Å²) in [6.45, 7) is 4.18. The first-order valence-corrected chi connectivity index (χ1v) is 6.60. The molecule has 0 bridgehead atoms. The van der Waals surface area contributed by atoms with Crippen LogP contribution >= 0.6 is 11.6 Å². The van der Waals surface area contributed by atoms with Crippen LogP contribution in [0.15, 0.2) is 18.2 Å². The Hall–Kier alpha value is -1.29. The molecule has 5 heteroatoms. The van der Waals surface area contributed by atoms with Crippen molar-refractivity contribution in [2.45, 2.75) is 38.6 Å². The van der Waals surface area contributed by atoms with Crippen LogP contribution in [0.5, 0.6) is 0 Å². The van der Waals surface area contributed by atoms with Crippen LogP contribution < -0.4 is 4.90 Å². The molecule has 1 aromatic carbocycles. The van der Waals surface area contributed by atoms with E-state index in [4.69, 9.17) is 11.6 Å². The SMILES string of the molecule is CCCC(C)N(C)c1ccc(CCl)cc1[N+](=O)[O-]. The Morgan fingerprint density at radius 2 is 2.17 bits per heavy atom. The first-order chi connectivity index (χ1) is 8.51. The molecular weight excluding hydrogens is 252 g/mol. The molecule has 0 fully saturated rings. The third-order valence-corrected chi connectivity index (χ3v) is 3.45. The van der Waals surface area contributed by atoms with Gasteiger partial charge in [-0.15, -0.1) is 11.6 Å². The molecule has 0 radical (unpaired) electrons. The second kappa shape index (κ2) is 6.59. The standard InChI is InChI=1S/C13H19ClN2O2/c1-4-5-10(2)15(3)12-7-6-11(9-14)8-13(12)16(17)18/h6-8,10H,4-5,9H2,1-3H3. The van der Waals surface area contributed by atoms with Gasteiger partial charge in [-0.1, -0.05) is 19.4 Å². The summed E-state index contributed by atoms with van der Waals surface area (Å²) in [5, 5.41) is 11.1. The predicted octanol–water partition coefficient (Wildman–Crippen LogP) is 3.96. The number of hydrogen-bond acceptors (Lipinski definition) is 3. The second-order valence-electron chi connectivity index (χ2n) is 4.46. The second-order valence-corrected chi connectivity index (χ2v) is 4.73. The first-order valence-electron chi connectivity index (χ1n) is 6.07. The van der Waals surface area contributed by atoms with Crippen molar-refractivity contribution >= 4 is 23.0 Å². The highest BCUT2D eigenvalue weighted by Gasteiger charge is 2.20. The van der Waals surface area contributed by atoms with Crippen molar-refractivity contribution in [1.29, 1.82) is 0 Å². The monoisotopic (exact) mass is 270 g/mol. The lowest BCUT2D eigenvalue weighted by Gasteiger charge is -2.26. The molecule has 0 saturated carbocycles. The van der Waals surface area contributed by atoms with Crippen LogP contribution in [0, 0.1) is 10.1 Å². The number of anilines is 1. The number of nitrogens with zero attached hydrogens (tertiary/aromatic N) is 2. The molecule has 0 amide bonds. The highest BCUT2D eigenvalue weighted by atomic mass is 35.5. The summed E-state index contributed by atoms with van der Waals surface area (Å²) in [6, 6.07) is 5.44. The normalized spacial score (nSPS) is 12.2. The van der Waals surface area contributed by atoms with Crippen LogP contribution in [0.4, 0.5) is 11.4 Å². The van der Waals surface area contributed by atoms with Crippen LogP contribution in [-0.2, 0) is 5.88 Å². The van der Waals surface area contributed by atoms with E-state index in [1.807, 2.05) is 18.0 Å². The van der Waals surface area contributed by atoms with Crippen molar-refractivity contribution in [3.63, 3.8) is 0 Å². The average molecular weight is 271 g/mol. The molecule has 0 heterocycles. The molecule has 0 aliphatic rings. The Balaban J connectivity index is 3.10. The van der Waals surface area contributed by atoms with E-state index in [-0.39, 0.29) is 22.5 Å². The van der Waals surface area contributed by atoms with Gasteiger partial charge in [-0.3, -0.25) is 10.1 Å². The lowest BCUT2D eigenvalue weighted by molar-refractivity contribution is -0.384. The maximum Gasteiger partial charge on any atom is 0.292 e. The molecule has 100 valence electrons. The van der Waals surface area contributed by atoms with E-state index in [9.17, 15) is 10.1 Å². The molecule has 1 atom stereocenters. The largest absolute Gasteiger partial charge is 0.366 e. The average Bonchev–Trinajstić information content (AvgIpc) is 2.37. The van der Waals surface area contributed by atoms with Gasteiger partial charge in [0.2, 0.25) is 0 Å². The zero-order chi connectivity index (χ0) is 13.7. The summed E-state index contributed by atoms with van der Waals surface area (Å²) in [7, 11) is 1.89. The summed E-state index contributed by atoms with van der Waals surface area (Å²) in [4.78, 5) is 12.7. The Morgan fingerprint density at radius 3 is 2.67 bits per heavy atom. The molecule has 18 heavy (non-hydrogen) atoms. The lowest BCUT2D eigenvalue weighted by Crippen LogP contribution is -2.29. The summed E-state index contributed by atoms with van der Waals surface area (Å²) in [6.07, 6.45) is 2.06. The predicted molar refractivity (Wildman–Crippen MR) is 75.4 cm³/mol. The molecular formula is C13H19ClN2O2. The highest BCUT2D eigenvalue weighted by molar-refractivity contribution is 6.17. The molecule has 0 aliphatic carbocycles. The smallest absolute Gasteiger partial charge is 0.292 e. The number of halogens is 1. The number of benzene rings is 1. The van der Waals surface area contributed by atoms with Gasteiger partial charge in [0.1, 0.15) is 5.69 Å². The highest BCUT2D eigenvalue weighted by Crippen LogP contribution is 2.30. The fourth-order valence-electron chi connectivity index (χ4n) is 1.95. The molecule has 1 unspecified atom stereocenters. The van der Waals surface area contributed by atoms with Crippen LogP contribution in [-0.4, -0.2) is 18.0 Å². The van der Waals surface area contributed by atoms with Gasteiger partial charge in [0.15, 0.2) is 0 Å². The summed E-state index contributed by atoms with van der Waals surface area (Å²) >= 11 is 5.71. The zero-order valence-corrected chi connectivity index (χ0v) is 11.8. The fourth-order valence-corrected chi connectivity index (χ4v) is 2.11.